The fourth-order valence-electron chi connectivity index (χ4n) is 3.39. The standard InChI is InChI=1S/C16H21N3O2/c1-2-13-15(20)18-10-4-3-5-14(18)16(21)19(13)11-12-6-8-17-9-7-12/h6-9,13-14H,2-5,10-11H2,1H3. The summed E-state index contributed by atoms with van der Waals surface area (Å²) in [4.78, 5) is 33.0. The Hall–Kier alpha value is -1.91. The Kier molecular flexibility index (Phi) is 3.90. The van der Waals surface area contributed by atoms with Crippen LogP contribution in [0.4, 0.5) is 0 Å². The van der Waals surface area contributed by atoms with E-state index < -0.39 is 0 Å². The second-order valence-corrected chi connectivity index (χ2v) is 5.79. The van der Waals surface area contributed by atoms with Gasteiger partial charge in [0.15, 0.2) is 0 Å². The maximum absolute atomic E-state index is 12.8. The highest BCUT2D eigenvalue weighted by atomic mass is 16.2. The summed E-state index contributed by atoms with van der Waals surface area (Å²) in [5, 5.41) is 0. The SMILES string of the molecule is CCC1C(=O)N2CCCCC2C(=O)N1Cc1ccncc1. The molecule has 112 valence electrons. The summed E-state index contributed by atoms with van der Waals surface area (Å²) < 4.78 is 0. The van der Waals surface area contributed by atoms with Crippen LogP contribution in [0, 0.1) is 0 Å². The summed E-state index contributed by atoms with van der Waals surface area (Å²) in [6.45, 7) is 3.20. The fraction of sp³-hybridized carbons (Fsp3) is 0.562. The van der Waals surface area contributed by atoms with E-state index >= 15 is 0 Å². The molecule has 0 aliphatic carbocycles. The van der Waals surface area contributed by atoms with Crippen LogP contribution in [0.5, 0.6) is 0 Å². The van der Waals surface area contributed by atoms with E-state index in [-0.39, 0.29) is 23.9 Å². The first-order valence-corrected chi connectivity index (χ1v) is 7.72. The molecule has 0 N–H and O–H groups in total. The Bertz CT molecular complexity index is 532. The molecule has 2 aliphatic heterocycles. The Balaban J connectivity index is 1.86. The maximum Gasteiger partial charge on any atom is 0.246 e. The first-order chi connectivity index (χ1) is 10.2. The second-order valence-electron chi connectivity index (χ2n) is 5.79. The number of hydrogen-bond donors (Lipinski definition) is 0. The number of amides is 2. The molecule has 1 aromatic rings. The summed E-state index contributed by atoms with van der Waals surface area (Å²) in [6, 6.07) is 3.24. The van der Waals surface area contributed by atoms with Gasteiger partial charge in [0.1, 0.15) is 12.1 Å². The van der Waals surface area contributed by atoms with Gasteiger partial charge in [-0.15, -0.1) is 0 Å². The lowest BCUT2D eigenvalue weighted by molar-refractivity contribution is -0.164. The van der Waals surface area contributed by atoms with Crippen molar-refractivity contribution in [2.45, 2.75) is 51.2 Å². The van der Waals surface area contributed by atoms with Gasteiger partial charge < -0.3 is 9.80 Å². The van der Waals surface area contributed by atoms with E-state index in [1.165, 1.54) is 0 Å². The number of aromatic nitrogens is 1. The third kappa shape index (κ3) is 2.52. The van der Waals surface area contributed by atoms with Gasteiger partial charge in [-0.2, -0.15) is 0 Å². The largest absolute Gasteiger partial charge is 0.329 e. The molecule has 0 saturated carbocycles. The minimum absolute atomic E-state index is 0.109. The van der Waals surface area contributed by atoms with Crippen LogP contribution >= 0.6 is 0 Å². The smallest absolute Gasteiger partial charge is 0.246 e. The summed E-state index contributed by atoms with van der Waals surface area (Å²) >= 11 is 0. The molecular formula is C16H21N3O2. The van der Waals surface area contributed by atoms with E-state index in [1.54, 1.807) is 17.3 Å². The number of carbonyl (C=O) groups excluding carboxylic acids is 2. The highest BCUT2D eigenvalue weighted by molar-refractivity contribution is 5.97. The molecule has 5 heteroatoms. The number of rotatable bonds is 3. The molecule has 0 aromatic carbocycles. The van der Waals surface area contributed by atoms with E-state index in [4.69, 9.17) is 0 Å². The molecule has 0 bridgehead atoms. The highest BCUT2D eigenvalue weighted by Gasteiger charge is 2.45. The lowest BCUT2D eigenvalue weighted by Gasteiger charge is -2.46. The minimum atomic E-state index is -0.319. The van der Waals surface area contributed by atoms with Gasteiger partial charge in [-0.3, -0.25) is 14.6 Å². The van der Waals surface area contributed by atoms with Gasteiger partial charge in [-0.05, 0) is 43.4 Å². The van der Waals surface area contributed by atoms with Crippen LogP contribution in [0.3, 0.4) is 0 Å². The summed E-state index contributed by atoms with van der Waals surface area (Å²) in [6.07, 6.45) is 6.95. The summed E-state index contributed by atoms with van der Waals surface area (Å²) in [7, 11) is 0. The van der Waals surface area contributed by atoms with Crippen LogP contribution in [0.2, 0.25) is 0 Å². The second kappa shape index (κ2) is 5.84. The van der Waals surface area contributed by atoms with Gasteiger partial charge in [0.2, 0.25) is 11.8 Å². The molecule has 0 spiro atoms. The van der Waals surface area contributed by atoms with Crippen molar-refractivity contribution >= 4 is 11.8 Å². The van der Waals surface area contributed by atoms with Crippen LogP contribution < -0.4 is 0 Å². The Morgan fingerprint density at radius 3 is 2.67 bits per heavy atom. The number of pyridine rings is 1. The molecule has 2 amide bonds. The zero-order chi connectivity index (χ0) is 14.8. The predicted octanol–water partition coefficient (Wildman–Crippen LogP) is 1.58. The topological polar surface area (TPSA) is 53.5 Å². The molecule has 2 saturated heterocycles. The average Bonchev–Trinajstić information content (AvgIpc) is 2.54. The first kappa shape index (κ1) is 14.0. The monoisotopic (exact) mass is 287 g/mol. The van der Waals surface area contributed by atoms with Crippen LogP contribution in [-0.4, -0.2) is 45.2 Å². The van der Waals surface area contributed by atoms with Gasteiger partial charge in [-0.25, -0.2) is 0 Å². The molecule has 1 aromatic heterocycles. The van der Waals surface area contributed by atoms with E-state index in [0.717, 1.165) is 31.4 Å². The molecule has 0 radical (unpaired) electrons. The number of hydrogen-bond acceptors (Lipinski definition) is 3. The maximum atomic E-state index is 12.8. The minimum Gasteiger partial charge on any atom is -0.329 e. The van der Waals surface area contributed by atoms with Crippen molar-refractivity contribution < 1.29 is 9.59 Å². The molecule has 21 heavy (non-hydrogen) atoms. The number of carbonyl (C=O) groups is 2. The van der Waals surface area contributed by atoms with Crippen molar-refractivity contribution in [1.29, 1.82) is 0 Å². The molecule has 2 aliphatic rings. The van der Waals surface area contributed by atoms with Crippen molar-refractivity contribution in [2.75, 3.05) is 6.54 Å². The number of piperidine rings is 1. The lowest BCUT2D eigenvalue weighted by Crippen LogP contribution is -2.65. The van der Waals surface area contributed by atoms with E-state index in [0.29, 0.717) is 13.0 Å². The zero-order valence-corrected chi connectivity index (χ0v) is 12.4. The molecule has 2 fully saturated rings. The summed E-state index contributed by atoms with van der Waals surface area (Å²) in [5.41, 5.74) is 1.02. The first-order valence-electron chi connectivity index (χ1n) is 7.72. The van der Waals surface area contributed by atoms with Crippen molar-refractivity contribution in [3.8, 4) is 0 Å². The fourth-order valence-corrected chi connectivity index (χ4v) is 3.39. The quantitative estimate of drug-likeness (QED) is 0.848. The van der Waals surface area contributed by atoms with Gasteiger partial charge in [0, 0.05) is 25.5 Å². The Labute approximate surface area is 124 Å². The van der Waals surface area contributed by atoms with Crippen molar-refractivity contribution in [1.82, 2.24) is 14.8 Å². The third-order valence-electron chi connectivity index (χ3n) is 4.50. The van der Waals surface area contributed by atoms with Crippen LogP contribution in [0.1, 0.15) is 38.2 Å². The van der Waals surface area contributed by atoms with Crippen molar-refractivity contribution in [2.24, 2.45) is 0 Å². The van der Waals surface area contributed by atoms with Crippen molar-refractivity contribution in [3.63, 3.8) is 0 Å². The third-order valence-corrected chi connectivity index (χ3v) is 4.50. The van der Waals surface area contributed by atoms with Crippen LogP contribution in [-0.2, 0) is 16.1 Å². The molecular weight excluding hydrogens is 266 g/mol. The number of piperazine rings is 1. The lowest BCUT2D eigenvalue weighted by atomic mass is 9.94. The van der Waals surface area contributed by atoms with Crippen LogP contribution in [0.15, 0.2) is 24.5 Å². The van der Waals surface area contributed by atoms with Crippen LogP contribution in [0.25, 0.3) is 0 Å². The molecule has 3 heterocycles. The van der Waals surface area contributed by atoms with E-state index in [2.05, 4.69) is 4.98 Å². The number of fused-ring (bicyclic) bond motifs is 1. The zero-order valence-electron chi connectivity index (χ0n) is 12.4. The molecule has 2 atom stereocenters. The predicted molar refractivity (Wildman–Crippen MR) is 78.2 cm³/mol. The molecule has 5 nitrogen and oxygen atoms in total. The molecule has 2 unspecified atom stereocenters. The van der Waals surface area contributed by atoms with E-state index in [9.17, 15) is 9.59 Å². The van der Waals surface area contributed by atoms with Gasteiger partial charge in [0.05, 0.1) is 0 Å². The normalized spacial score (nSPS) is 26.0. The summed E-state index contributed by atoms with van der Waals surface area (Å²) in [5.74, 6) is 0.230. The van der Waals surface area contributed by atoms with E-state index in [1.807, 2.05) is 24.0 Å². The Morgan fingerprint density at radius 2 is 1.95 bits per heavy atom. The van der Waals surface area contributed by atoms with Gasteiger partial charge in [0.25, 0.3) is 0 Å². The van der Waals surface area contributed by atoms with Crippen molar-refractivity contribution in [3.05, 3.63) is 30.1 Å². The Morgan fingerprint density at radius 1 is 1.19 bits per heavy atom. The highest BCUT2D eigenvalue weighted by Crippen LogP contribution is 2.28. The molecule has 3 rings (SSSR count). The average molecular weight is 287 g/mol. The van der Waals surface area contributed by atoms with Gasteiger partial charge >= 0.3 is 0 Å². The van der Waals surface area contributed by atoms with Gasteiger partial charge in [-0.1, -0.05) is 6.92 Å². The number of nitrogens with zero attached hydrogens (tertiary/aromatic N) is 3.